The van der Waals surface area contributed by atoms with Gasteiger partial charge < -0.3 is 21.5 Å². The number of anilines is 1. The van der Waals surface area contributed by atoms with Crippen molar-refractivity contribution in [3.05, 3.63) is 23.8 Å². The van der Waals surface area contributed by atoms with E-state index >= 15 is 0 Å². The highest BCUT2D eigenvalue weighted by molar-refractivity contribution is 5.97. The third-order valence-corrected chi connectivity index (χ3v) is 2.75. The van der Waals surface area contributed by atoms with Gasteiger partial charge in [-0.25, -0.2) is 0 Å². The van der Waals surface area contributed by atoms with E-state index < -0.39 is 11.4 Å². The van der Waals surface area contributed by atoms with Crippen LogP contribution in [0.4, 0.5) is 5.69 Å². The third kappa shape index (κ3) is 4.89. The molecule has 0 aliphatic heterocycles. The van der Waals surface area contributed by atoms with Crippen LogP contribution < -0.4 is 21.5 Å². The highest BCUT2D eigenvalue weighted by Crippen LogP contribution is 2.25. The normalized spacial score (nSPS) is 11.0. The maximum absolute atomic E-state index is 11.9. The van der Waals surface area contributed by atoms with Gasteiger partial charge in [0.2, 0.25) is 11.8 Å². The van der Waals surface area contributed by atoms with Crippen molar-refractivity contribution in [3.8, 4) is 5.75 Å². The van der Waals surface area contributed by atoms with Gasteiger partial charge in [-0.15, -0.1) is 0 Å². The standard InChI is InChI=1S/C14H21N3O3/c1-14(2,16)7-6-12(18)17-10-8-9(13(15)19)4-5-11(10)20-3/h4-5,8H,6-7,16H2,1-3H3,(H2,15,19)(H,17,18). The predicted octanol–water partition coefficient (Wildman–Crippen LogP) is 1.25. The van der Waals surface area contributed by atoms with Crippen LogP contribution in [0.2, 0.25) is 0 Å². The van der Waals surface area contributed by atoms with Gasteiger partial charge in [-0.05, 0) is 38.5 Å². The van der Waals surface area contributed by atoms with Crippen molar-refractivity contribution < 1.29 is 14.3 Å². The zero-order chi connectivity index (χ0) is 15.3. The Morgan fingerprint density at radius 2 is 2.00 bits per heavy atom. The van der Waals surface area contributed by atoms with Crippen LogP contribution in [-0.4, -0.2) is 24.5 Å². The lowest BCUT2D eigenvalue weighted by Crippen LogP contribution is -2.33. The first-order chi connectivity index (χ1) is 9.23. The van der Waals surface area contributed by atoms with Gasteiger partial charge in [0.15, 0.2) is 0 Å². The fourth-order valence-corrected chi connectivity index (χ4v) is 1.61. The Hall–Kier alpha value is -2.08. The van der Waals surface area contributed by atoms with Crippen LogP contribution >= 0.6 is 0 Å². The molecule has 1 aromatic rings. The van der Waals surface area contributed by atoms with Gasteiger partial charge >= 0.3 is 0 Å². The summed E-state index contributed by atoms with van der Waals surface area (Å²) in [4.78, 5) is 23.0. The minimum Gasteiger partial charge on any atom is -0.495 e. The molecular formula is C14H21N3O3. The second kappa shape index (κ2) is 6.38. The van der Waals surface area contributed by atoms with Gasteiger partial charge in [-0.2, -0.15) is 0 Å². The number of primary amides is 1. The van der Waals surface area contributed by atoms with Crippen LogP contribution in [0.3, 0.4) is 0 Å². The van der Waals surface area contributed by atoms with Gasteiger partial charge in [0, 0.05) is 17.5 Å². The summed E-state index contributed by atoms with van der Waals surface area (Å²) in [6.07, 6.45) is 0.837. The quantitative estimate of drug-likeness (QED) is 0.728. The molecule has 0 radical (unpaired) electrons. The van der Waals surface area contributed by atoms with Crippen molar-refractivity contribution >= 4 is 17.5 Å². The molecule has 20 heavy (non-hydrogen) atoms. The Morgan fingerprint density at radius 1 is 1.35 bits per heavy atom. The van der Waals surface area contributed by atoms with Crippen molar-refractivity contribution in [1.29, 1.82) is 0 Å². The second-order valence-electron chi connectivity index (χ2n) is 5.32. The number of carbonyl (C=O) groups excluding carboxylic acids is 2. The fourth-order valence-electron chi connectivity index (χ4n) is 1.61. The molecule has 0 fully saturated rings. The molecule has 0 spiro atoms. The number of benzene rings is 1. The number of nitrogens with one attached hydrogen (secondary N) is 1. The van der Waals surface area contributed by atoms with Crippen molar-refractivity contribution in [2.45, 2.75) is 32.2 Å². The van der Waals surface area contributed by atoms with E-state index in [1.165, 1.54) is 13.2 Å². The summed E-state index contributed by atoms with van der Waals surface area (Å²) in [6.45, 7) is 3.71. The SMILES string of the molecule is COc1ccc(C(N)=O)cc1NC(=O)CCC(C)(C)N. The summed E-state index contributed by atoms with van der Waals surface area (Å²) >= 11 is 0. The highest BCUT2D eigenvalue weighted by atomic mass is 16.5. The molecule has 0 aromatic heterocycles. The van der Waals surface area contributed by atoms with Gasteiger partial charge in [-0.3, -0.25) is 9.59 Å². The number of ether oxygens (including phenoxy) is 1. The second-order valence-corrected chi connectivity index (χ2v) is 5.32. The molecule has 0 bridgehead atoms. The molecular weight excluding hydrogens is 258 g/mol. The van der Waals surface area contributed by atoms with Crippen LogP contribution in [0, 0.1) is 0 Å². The average molecular weight is 279 g/mol. The lowest BCUT2D eigenvalue weighted by Gasteiger charge is -2.18. The number of nitrogens with two attached hydrogens (primary N) is 2. The van der Waals surface area contributed by atoms with E-state index in [1.807, 2.05) is 13.8 Å². The van der Waals surface area contributed by atoms with E-state index in [1.54, 1.807) is 12.1 Å². The molecule has 0 heterocycles. The Morgan fingerprint density at radius 3 is 2.50 bits per heavy atom. The summed E-state index contributed by atoms with van der Waals surface area (Å²) in [5.41, 5.74) is 11.4. The molecule has 6 nitrogen and oxygen atoms in total. The maximum Gasteiger partial charge on any atom is 0.248 e. The number of carbonyl (C=O) groups is 2. The average Bonchev–Trinajstić information content (AvgIpc) is 2.35. The first-order valence-electron chi connectivity index (χ1n) is 6.29. The first kappa shape index (κ1) is 16.0. The van der Waals surface area contributed by atoms with Crippen molar-refractivity contribution in [2.24, 2.45) is 11.5 Å². The molecule has 1 aromatic carbocycles. The van der Waals surface area contributed by atoms with Crippen LogP contribution in [0.1, 0.15) is 37.0 Å². The molecule has 0 aliphatic carbocycles. The topological polar surface area (TPSA) is 107 Å². The van der Waals surface area contributed by atoms with Gasteiger partial charge in [0.25, 0.3) is 0 Å². The molecule has 5 N–H and O–H groups in total. The summed E-state index contributed by atoms with van der Waals surface area (Å²) in [7, 11) is 1.48. The largest absolute Gasteiger partial charge is 0.495 e. The predicted molar refractivity (Wildman–Crippen MR) is 77.6 cm³/mol. The van der Waals surface area contributed by atoms with E-state index in [-0.39, 0.29) is 12.3 Å². The molecule has 2 amide bonds. The summed E-state index contributed by atoms with van der Waals surface area (Å²) in [5, 5.41) is 2.70. The van der Waals surface area contributed by atoms with Crippen molar-refractivity contribution in [3.63, 3.8) is 0 Å². The molecule has 0 aliphatic rings. The Kier molecular flexibility index (Phi) is 5.10. The maximum atomic E-state index is 11.9. The van der Waals surface area contributed by atoms with Gasteiger partial charge in [0.1, 0.15) is 5.75 Å². The minimum atomic E-state index is -0.564. The van der Waals surface area contributed by atoms with E-state index in [0.717, 1.165) is 0 Å². The smallest absolute Gasteiger partial charge is 0.248 e. The van der Waals surface area contributed by atoms with E-state index in [9.17, 15) is 9.59 Å². The zero-order valence-corrected chi connectivity index (χ0v) is 12.0. The molecule has 0 atom stereocenters. The Bertz CT molecular complexity index is 507. The van der Waals surface area contributed by atoms with Gasteiger partial charge in [-0.1, -0.05) is 0 Å². The molecule has 0 saturated carbocycles. The number of hydrogen-bond acceptors (Lipinski definition) is 4. The van der Waals surface area contributed by atoms with Crippen molar-refractivity contribution in [1.82, 2.24) is 0 Å². The summed E-state index contributed by atoms with van der Waals surface area (Å²) < 4.78 is 5.13. The van der Waals surface area contributed by atoms with Gasteiger partial charge in [0.05, 0.1) is 12.8 Å². The van der Waals surface area contributed by atoms with E-state index in [2.05, 4.69) is 5.32 Å². The highest BCUT2D eigenvalue weighted by Gasteiger charge is 2.15. The van der Waals surface area contributed by atoms with Crippen LogP contribution in [0.25, 0.3) is 0 Å². The summed E-state index contributed by atoms with van der Waals surface area (Å²) in [6, 6.07) is 4.62. The van der Waals surface area contributed by atoms with Crippen LogP contribution in [-0.2, 0) is 4.79 Å². The molecule has 1 rings (SSSR count). The summed E-state index contributed by atoms with van der Waals surface area (Å²) in [5.74, 6) is -0.287. The van der Waals surface area contributed by atoms with E-state index in [4.69, 9.17) is 16.2 Å². The fraction of sp³-hybridized carbons (Fsp3) is 0.429. The monoisotopic (exact) mass is 279 g/mol. The third-order valence-electron chi connectivity index (χ3n) is 2.75. The van der Waals surface area contributed by atoms with E-state index in [0.29, 0.717) is 23.4 Å². The lowest BCUT2D eigenvalue weighted by molar-refractivity contribution is -0.116. The van der Waals surface area contributed by atoms with Crippen molar-refractivity contribution in [2.75, 3.05) is 12.4 Å². The number of amides is 2. The van der Waals surface area contributed by atoms with Crippen LogP contribution in [0.15, 0.2) is 18.2 Å². The number of rotatable bonds is 6. The lowest BCUT2D eigenvalue weighted by atomic mass is 10.00. The Labute approximate surface area is 118 Å². The number of hydrogen-bond donors (Lipinski definition) is 3. The number of methoxy groups -OCH3 is 1. The zero-order valence-electron chi connectivity index (χ0n) is 12.0. The Balaban J connectivity index is 2.82. The minimum absolute atomic E-state index is 0.191. The molecule has 6 heteroatoms. The molecule has 110 valence electrons. The molecule has 0 unspecified atom stereocenters. The molecule has 0 saturated heterocycles. The first-order valence-corrected chi connectivity index (χ1v) is 6.29. The van der Waals surface area contributed by atoms with Crippen LogP contribution in [0.5, 0.6) is 5.75 Å².